The molecule has 0 spiro atoms. The van der Waals surface area contributed by atoms with E-state index < -0.39 is 0 Å². The Morgan fingerprint density at radius 2 is 2.10 bits per heavy atom. The van der Waals surface area contributed by atoms with Crippen LogP contribution in [0.3, 0.4) is 0 Å². The molecule has 21 heavy (non-hydrogen) atoms. The van der Waals surface area contributed by atoms with Gasteiger partial charge < -0.3 is 4.90 Å². The summed E-state index contributed by atoms with van der Waals surface area (Å²) in [6.45, 7) is 3.90. The molecule has 2 heterocycles. The Bertz CT molecular complexity index is 519. The molecule has 4 heteroatoms. The fourth-order valence-corrected chi connectivity index (χ4v) is 4.35. The number of carbonyl (C=O) groups is 1. The van der Waals surface area contributed by atoms with Gasteiger partial charge in [-0.25, -0.2) is 0 Å². The first-order valence-electron chi connectivity index (χ1n) is 7.85. The lowest BCUT2D eigenvalue weighted by molar-refractivity contribution is 0.0378. The van der Waals surface area contributed by atoms with E-state index in [9.17, 15) is 4.79 Å². The Labute approximate surface area is 135 Å². The summed E-state index contributed by atoms with van der Waals surface area (Å²) in [7, 11) is 2.25. The molecule has 2 aliphatic heterocycles. The molecular formula is C17H23BrN2O. The van der Waals surface area contributed by atoms with Crippen molar-refractivity contribution in [2.75, 3.05) is 33.2 Å². The van der Waals surface area contributed by atoms with Crippen molar-refractivity contribution in [2.24, 2.45) is 5.92 Å². The number of hydrogen-bond donors (Lipinski definition) is 0. The molecular weight excluding hydrogens is 328 g/mol. The standard InChI is InChI=1S/C17H23BrN2O/c1-19-9-4-5-13-11-20(10-8-16(13)19)12-17(21)14-6-2-3-7-15(14)18/h2-3,6-7,13,16H,4-5,8-12H2,1H3. The molecule has 3 rings (SSSR count). The normalized spacial score (nSPS) is 27.3. The van der Waals surface area contributed by atoms with E-state index in [4.69, 9.17) is 0 Å². The van der Waals surface area contributed by atoms with Crippen molar-refractivity contribution < 1.29 is 4.79 Å². The third-order valence-corrected chi connectivity index (χ3v) is 5.66. The van der Waals surface area contributed by atoms with E-state index in [2.05, 4.69) is 32.8 Å². The van der Waals surface area contributed by atoms with Gasteiger partial charge in [0, 0.05) is 29.2 Å². The molecule has 2 unspecified atom stereocenters. The summed E-state index contributed by atoms with van der Waals surface area (Å²) in [5.74, 6) is 0.967. The number of likely N-dealkylation sites (tertiary alicyclic amines) is 2. The topological polar surface area (TPSA) is 23.6 Å². The number of benzene rings is 1. The predicted molar refractivity (Wildman–Crippen MR) is 88.7 cm³/mol. The van der Waals surface area contributed by atoms with E-state index in [1.54, 1.807) is 0 Å². The summed E-state index contributed by atoms with van der Waals surface area (Å²) < 4.78 is 0.905. The van der Waals surface area contributed by atoms with Crippen LogP contribution in [-0.4, -0.2) is 54.9 Å². The molecule has 2 fully saturated rings. The van der Waals surface area contributed by atoms with Crippen molar-refractivity contribution >= 4 is 21.7 Å². The van der Waals surface area contributed by atoms with Crippen molar-refractivity contribution in [1.82, 2.24) is 9.80 Å². The van der Waals surface area contributed by atoms with Crippen LogP contribution in [0.25, 0.3) is 0 Å². The minimum Gasteiger partial charge on any atom is -0.303 e. The molecule has 2 saturated heterocycles. The second-order valence-corrected chi connectivity index (χ2v) is 7.23. The molecule has 1 aromatic carbocycles. The highest BCUT2D eigenvalue weighted by molar-refractivity contribution is 9.10. The minimum atomic E-state index is 0.227. The summed E-state index contributed by atoms with van der Waals surface area (Å²) in [6, 6.07) is 8.46. The van der Waals surface area contributed by atoms with Crippen molar-refractivity contribution in [2.45, 2.75) is 25.3 Å². The molecule has 0 amide bonds. The summed E-state index contributed by atoms with van der Waals surface area (Å²) in [4.78, 5) is 17.3. The van der Waals surface area contributed by atoms with Crippen molar-refractivity contribution in [3.8, 4) is 0 Å². The number of nitrogens with zero attached hydrogens (tertiary/aromatic N) is 2. The Morgan fingerprint density at radius 3 is 2.90 bits per heavy atom. The number of ketones is 1. The molecule has 0 N–H and O–H groups in total. The quantitative estimate of drug-likeness (QED) is 0.782. The first-order chi connectivity index (χ1) is 10.1. The molecule has 2 aliphatic rings. The molecule has 0 radical (unpaired) electrons. The van der Waals surface area contributed by atoms with Crippen LogP contribution in [0, 0.1) is 5.92 Å². The van der Waals surface area contributed by atoms with Gasteiger partial charge in [-0.05, 0) is 44.8 Å². The molecule has 0 bridgehead atoms. The van der Waals surface area contributed by atoms with Gasteiger partial charge in [-0.1, -0.05) is 34.1 Å². The Balaban J connectivity index is 1.62. The van der Waals surface area contributed by atoms with Crippen LogP contribution >= 0.6 is 15.9 Å². The number of rotatable bonds is 3. The zero-order chi connectivity index (χ0) is 14.8. The van der Waals surface area contributed by atoms with Crippen LogP contribution in [-0.2, 0) is 0 Å². The Kier molecular flexibility index (Phi) is 4.77. The average Bonchev–Trinajstić information content (AvgIpc) is 2.48. The van der Waals surface area contributed by atoms with Gasteiger partial charge >= 0.3 is 0 Å². The molecule has 2 atom stereocenters. The number of carbonyl (C=O) groups excluding carboxylic acids is 1. The van der Waals surface area contributed by atoms with Gasteiger partial charge in [0.05, 0.1) is 6.54 Å². The van der Waals surface area contributed by atoms with Crippen LogP contribution in [0.1, 0.15) is 29.6 Å². The second kappa shape index (κ2) is 6.59. The van der Waals surface area contributed by atoms with Gasteiger partial charge in [0.15, 0.2) is 5.78 Å². The first kappa shape index (κ1) is 15.2. The lowest BCUT2D eigenvalue weighted by atomic mass is 9.84. The van der Waals surface area contributed by atoms with E-state index in [0.29, 0.717) is 6.54 Å². The lowest BCUT2D eigenvalue weighted by Gasteiger charge is -2.45. The van der Waals surface area contributed by atoms with Gasteiger partial charge in [-0.2, -0.15) is 0 Å². The van der Waals surface area contributed by atoms with Crippen LogP contribution in [0.5, 0.6) is 0 Å². The van der Waals surface area contributed by atoms with Crippen molar-refractivity contribution in [3.05, 3.63) is 34.3 Å². The largest absolute Gasteiger partial charge is 0.303 e. The highest BCUT2D eigenvalue weighted by atomic mass is 79.9. The summed E-state index contributed by atoms with van der Waals surface area (Å²) >= 11 is 3.48. The number of fused-ring (bicyclic) bond motifs is 1. The fourth-order valence-electron chi connectivity index (χ4n) is 3.85. The molecule has 3 nitrogen and oxygen atoms in total. The van der Waals surface area contributed by atoms with Crippen LogP contribution in [0.15, 0.2) is 28.7 Å². The maximum atomic E-state index is 12.5. The van der Waals surface area contributed by atoms with Crippen molar-refractivity contribution in [3.63, 3.8) is 0 Å². The van der Waals surface area contributed by atoms with Crippen LogP contribution < -0.4 is 0 Å². The lowest BCUT2D eigenvalue weighted by Crippen LogP contribution is -2.53. The molecule has 114 valence electrons. The van der Waals surface area contributed by atoms with E-state index in [1.165, 1.54) is 25.8 Å². The van der Waals surface area contributed by atoms with Crippen LogP contribution in [0.2, 0.25) is 0 Å². The van der Waals surface area contributed by atoms with E-state index >= 15 is 0 Å². The maximum absolute atomic E-state index is 12.5. The minimum absolute atomic E-state index is 0.227. The first-order valence-corrected chi connectivity index (χ1v) is 8.65. The van der Waals surface area contributed by atoms with Gasteiger partial charge in [0.25, 0.3) is 0 Å². The van der Waals surface area contributed by atoms with Crippen LogP contribution in [0.4, 0.5) is 0 Å². The molecule has 1 aromatic rings. The molecule has 0 aliphatic carbocycles. The molecule has 0 saturated carbocycles. The number of Topliss-reactive ketones (excluding diaryl/α,β-unsaturated/α-hetero) is 1. The zero-order valence-corrected chi connectivity index (χ0v) is 14.2. The zero-order valence-electron chi connectivity index (χ0n) is 12.6. The van der Waals surface area contributed by atoms with E-state index in [0.717, 1.165) is 35.1 Å². The van der Waals surface area contributed by atoms with E-state index in [1.807, 2.05) is 24.3 Å². The smallest absolute Gasteiger partial charge is 0.177 e. The summed E-state index contributed by atoms with van der Waals surface area (Å²) in [5.41, 5.74) is 0.806. The van der Waals surface area contributed by atoms with E-state index in [-0.39, 0.29) is 5.78 Å². The monoisotopic (exact) mass is 350 g/mol. The third kappa shape index (κ3) is 3.38. The predicted octanol–water partition coefficient (Wildman–Crippen LogP) is 3.05. The maximum Gasteiger partial charge on any atom is 0.177 e. The highest BCUT2D eigenvalue weighted by Crippen LogP contribution is 2.29. The van der Waals surface area contributed by atoms with Gasteiger partial charge in [-0.3, -0.25) is 9.69 Å². The fraction of sp³-hybridized carbons (Fsp3) is 0.588. The Hall–Kier alpha value is -0.710. The van der Waals surface area contributed by atoms with Crippen molar-refractivity contribution in [1.29, 1.82) is 0 Å². The number of halogens is 1. The highest BCUT2D eigenvalue weighted by Gasteiger charge is 2.34. The number of piperidine rings is 2. The number of hydrogen-bond acceptors (Lipinski definition) is 3. The average molecular weight is 351 g/mol. The second-order valence-electron chi connectivity index (χ2n) is 6.38. The summed E-state index contributed by atoms with van der Waals surface area (Å²) in [5, 5.41) is 0. The molecule has 0 aromatic heterocycles. The Morgan fingerprint density at radius 1 is 1.29 bits per heavy atom. The van der Waals surface area contributed by atoms with Gasteiger partial charge in [0.1, 0.15) is 0 Å². The SMILES string of the molecule is CN1CCCC2CN(CC(=O)c3ccccc3Br)CCC21. The summed E-state index contributed by atoms with van der Waals surface area (Å²) in [6.07, 6.45) is 3.81. The van der Waals surface area contributed by atoms with Gasteiger partial charge in [0.2, 0.25) is 0 Å². The third-order valence-electron chi connectivity index (χ3n) is 4.97. The van der Waals surface area contributed by atoms with Gasteiger partial charge in [-0.15, -0.1) is 0 Å².